The Balaban J connectivity index is 2.35. The fourth-order valence-electron chi connectivity index (χ4n) is 2.38. The predicted octanol–water partition coefficient (Wildman–Crippen LogP) is 5.96. The minimum Gasteiger partial charge on any atom is -0.310 e. The van der Waals surface area contributed by atoms with E-state index >= 15 is 0 Å². The molecule has 0 heterocycles. The molecule has 1 atom stereocenters. The van der Waals surface area contributed by atoms with Crippen molar-refractivity contribution in [2.45, 2.75) is 26.3 Å². The molecule has 0 fully saturated rings. The van der Waals surface area contributed by atoms with Crippen molar-refractivity contribution in [2.24, 2.45) is 0 Å². The van der Waals surface area contributed by atoms with Crippen LogP contribution in [0.1, 0.15) is 29.7 Å². The molecule has 2 rings (SSSR count). The van der Waals surface area contributed by atoms with E-state index in [9.17, 15) is 0 Å². The minimum atomic E-state index is 0.169. The number of hydrogen-bond donors (Lipinski definition) is 1. The molecule has 0 aromatic heterocycles. The van der Waals surface area contributed by atoms with Crippen LogP contribution in [0.5, 0.6) is 0 Å². The number of rotatable bonds is 5. The van der Waals surface area contributed by atoms with Gasteiger partial charge in [-0.25, -0.2) is 0 Å². The highest BCUT2D eigenvalue weighted by molar-refractivity contribution is 9.10. The third-order valence-electron chi connectivity index (χ3n) is 3.45. The molecule has 1 N–H and O–H groups in total. The fraction of sp³-hybridized carbons (Fsp3) is 0.294. The molecule has 4 heteroatoms. The molecule has 0 bridgehead atoms. The van der Waals surface area contributed by atoms with Gasteiger partial charge in [-0.2, -0.15) is 0 Å². The maximum Gasteiger partial charge on any atom is 0.0453 e. The summed E-state index contributed by atoms with van der Waals surface area (Å²) in [5.41, 5.74) is 3.44. The van der Waals surface area contributed by atoms with Crippen molar-refractivity contribution >= 4 is 39.1 Å². The van der Waals surface area contributed by atoms with Gasteiger partial charge in [0.1, 0.15) is 0 Å². The Morgan fingerprint density at radius 1 is 1.14 bits per heavy atom. The van der Waals surface area contributed by atoms with Crippen molar-refractivity contribution in [3.8, 4) is 0 Å². The first kappa shape index (κ1) is 16.8. The monoisotopic (exact) mass is 385 g/mol. The van der Waals surface area contributed by atoms with Crippen molar-refractivity contribution in [1.29, 1.82) is 0 Å². The van der Waals surface area contributed by atoms with Crippen LogP contribution in [-0.4, -0.2) is 6.54 Å². The van der Waals surface area contributed by atoms with Crippen molar-refractivity contribution in [3.05, 3.63) is 67.6 Å². The van der Waals surface area contributed by atoms with Crippen molar-refractivity contribution in [2.75, 3.05) is 6.54 Å². The van der Waals surface area contributed by atoms with E-state index in [1.165, 1.54) is 11.1 Å². The number of likely N-dealkylation sites (N-methyl/N-ethyl adjacent to an activating group) is 1. The predicted molar refractivity (Wildman–Crippen MR) is 95.5 cm³/mol. The number of hydrogen-bond acceptors (Lipinski definition) is 1. The first-order chi connectivity index (χ1) is 10.0. The zero-order valence-electron chi connectivity index (χ0n) is 12.1. The van der Waals surface area contributed by atoms with Gasteiger partial charge in [0.05, 0.1) is 0 Å². The molecule has 1 nitrogen and oxygen atoms in total. The molecule has 1 unspecified atom stereocenters. The molecule has 112 valence electrons. The van der Waals surface area contributed by atoms with Crippen LogP contribution < -0.4 is 5.32 Å². The number of halogens is 3. The van der Waals surface area contributed by atoms with E-state index in [0.29, 0.717) is 10.0 Å². The molecule has 0 aliphatic heterocycles. The summed E-state index contributed by atoms with van der Waals surface area (Å²) in [5, 5.41) is 4.95. The van der Waals surface area contributed by atoms with Crippen LogP contribution >= 0.6 is 39.1 Å². The largest absolute Gasteiger partial charge is 0.310 e. The molecule has 0 aliphatic carbocycles. The van der Waals surface area contributed by atoms with E-state index in [1.807, 2.05) is 18.2 Å². The molecule has 0 amide bonds. The molecule has 0 spiro atoms. The SMILES string of the molecule is CCNC(Cc1c(Cl)cccc1Cl)c1ccc(C)cc1Br. The van der Waals surface area contributed by atoms with Gasteiger partial charge in [0, 0.05) is 20.6 Å². The van der Waals surface area contributed by atoms with Crippen LogP contribution in [0.25, 0.3) is 0 Å². The van der Waals surface area contributed by atoms with Gasteiger partial charge in [-0.05, 0) is 54.8 Å². The summed E-state index contributed by atoms with van der Waals surface area (Å²) >= 11 is 16.3. The van der Waals surface area contributed by atoms with Gasteiger partial charge >= 0.3 is 0 Å². The Hall–Kier alpha value is -0.540. The smallest absolute Gasteiger partial charge is 0.0453 e. The van der Waals surface area contributed by atoms with Gasteiger partial charge in [-0.1, -0.05) is 64.3 Å². The maximum atomic E-state index is 6.30. The first-order valence-electron chi connectivity index (χ1n) is 6.95. The quantitative estimate of drug-likeness (QED) is 0.668. The van der Waals surface area contributed by atoms with E-state index < -0.39 is 0 Å². The van der Waals surface area contributed by atoms with Gasteiger partial charge in [0.2, 0.25) is 0 Å². The van der Waals surface area contributed by atoms with E-state index in [0.717, 1.165) is 23.0 Å². The van der Waals surface area contributed by atoms with Gasteiger partial charge in [0.15, 0.2) is 0 Å². The Kier molecular flexibility index (Phi) is 6.12. The van der Waals surface area contributed by atoms with Crippen LogP contribution in [0.2, 0.25) is 10.0 Å². The minimum absolute atomic E-state index is 0.169. The van der Waals surface area contributed by atoms with Crippen LogP contribution in [0.15, 0.2) is 40.9 Å². The van der Waals surface area contributed by atoms with Gasteiger partial charge in [0.25, 0.3) is 0 Å². The number of nitrogens with one attached hydrogen (secondary N) is 1. The summed E-state index contributed by atoms with van der Waals surface area (Å²) in [4.78, 5) is 0. The zero-order chi connectivity index (χ0) is 15.4. The van der Waals surface area contributed by atoms with Gasteiger partial charge < -0.3 is 5.32 Å². The van der Waals surface area contributed by atoms with E-state index in [2.05, 4.69) is 53.3 Å². The van der Waals surface area contributed by atoms with Crippen LogP contribution in [0, 0.1) is 6.92 Å². The lowest BCUT2D eigenvalue weighted by molar-refractivity contribution is 0.548. The van der Waals surface area contributed by atoms with Crippen LogP contribution in [-0.2, 0) is 6.42 Å². The average Bonchev–Trinajstić information content (AvgIpc) is 2.42. The fourth-order valence-corrected chi connectivity index (χ4v) is 3.71. The molecule has 21 heavy (non-hydrogen) atoms. The van der Waals surface area contributed by atoms with Crippen molar-refractivity contribution < 1.29 is 0 Å². The first-order valence-corrected chi connectivity index (χ1v) is 8.50. The average molecular weight is 387 g/mol. The summed E-state index contributed by atoms with van der Waals surface area (Å²) in [7, 11) is 0. The second-order valence-corrected chi connectivity index (χ2v) is 6.71. The second kappa shape index (κ2) is 7.64. The van der Waals surface area contributed by atoms with E-state index in [-0.39, 0.29) is 6.04 Å². The van der Waals surface area contributed by atoms with E-state index in [1.54, 1.807) is 0 Å². The van der Waals surface area contributed by atoms with Crippen LogP contribution in [0.4, 0.5) is 0 Å². The molecular formula is C17H18BrCl2N. The highest BCUT2D eigenvalue weighted by Crippen LogP contribution is 2.32. The third kappa shape index (κ3) is 4.23. The lowest BCUT2D eigenvalue weighted by Gasteiger charge is -2.21. The van der Waals surface area contributed by atoms with Gasteiger partial charge in [-0.15, -0.1) is 0 Å². The molecule has 0 saturated heterocycles. The van der Waals surface area contributed by atoms with Gasteiger partial charge in [-0.3, -0.25) is 0 Å². The lowest BCUT2D eigenvalue weighted by atomic mass is 9.98. The second-order valence-electron chi connectivity index (χ2n) is 5.04. The molecule has 0 saturated carbocycles. The Morgan fingerprint density at radius 2 is 1.81 bits per heavy atom. The molecule has 0 aliphatic rings. The zero-order valence-corrected chi connectivity index (χ0v) is 15.2. The van der Waals surface area contributed by atoms with Crippen molar-refractivity contribution in [1.82, 2.24) is 5.32 Å². The molecule has 2 aromatic rings. The number of aryl methyl sites for hydroxylation is 1. The van der Waals surface area contributed by atoms with E-state index in [4.69, 9.17) is 23.2 Å². The highest BCUT2D eigenvalue weighted by Gasteiger charge is 2.17. The Morgan fingerprint density at radius 3 is 2.38 bits per heavy atom. The summed E-state index contributed by atoms with van der Waals surface area (Å²) in [5.74, 6) is 0. The molecular weight excluding hydrogens is 369 g/mol. The lowest BCUT2D eigenvalue weighted by Crippen LogP contribution is -2.23. The summed E-state index contributed by atoms with van der Waals surface area (Å²) in [6.07, 6.45) is 0.758. The van der Waals surface area contributed by atoms with Crippen molar-refractivity contribution in [3.63, 3.8) is 0 Å². The topological polar surface area (TPSA) is 12.0 Å². The Labute approximate surface area is 144 Å². The Bertz CT molecular complexity index is 608. The normalized spacial score (nSPS) is 12.4. The highest BCUT2D eigenvalue weighted by atomic mass is 79.9. The standard InChI is InChI=1S/C17H18BrCl2N/c1-3-21-17(12-8-7-11(2)9-14(12)18)10-13-15(19)5-4-6-16(13)20/h4-9,17,21H,3,10H2,1-2H3. The molecule has 0 radical (unpaired) electrons. The third-order valence-corrected chi connectivity index (χ3v) is 4.85. The summed E-state index contributed by atoms with van der Waals surface area (Å²) in [6.45, 7) is 5.07. The summed E-state index contributed by atoms with van der Waals surface area (Å²) in [6, 6.07) is 12.2. The molecule has 2 aromatic carbocycles. The summed E-state index contributed by atoms with van der Waals surface area (Å²) < 4.78 is 1.11. The number of benzene rings is 2. The van der Waals surface area contributed by atoms with Crippen LogP contribution in [0.3, 0.4) is 0 Å². The maximum absolute atomic E-state index is 6.30.